The van der Waals surface area contributed by atoms with Gasteiger partial charge in [0.25, 0.3) is 0 Å². The molecule has 6 nitrogen and oxygen atoms in total. The lowest BCUT2D eigenvalue weighted by atomic mass is 10.1. The summed E-state index contributed by atoms with van der Waals surface area (Å²) in [6.07, 6.45) is 0.206. The molecule has 0 spiro atoms. The molecule has 1 amide bonds. The molecule has 7 heteroatoms. The molecule has 0 bridgehead atoms. The fourth-order valence-electron chi connectivity index (χ4n) is 3.00. The van der Waals surface area contributed by atoms with Gasteiger partial charge in [-0.15, -0.1) is 0 Å². The Balaban J connectivity index is 1.69. The number of halogens is 1. The molecule has 1 fully saturated rings. The lowest BCUT2D eigenvalue weighted by Gasteiger charge is -2.23. The van der Waals surface area contributed by atoms with Crippen molar-refractivity contribution >= 4 is 17.5 Å². The maximum absolute atomic E-state index is 12.3. The number of rotatable bonds is 5. The SMILES string of the molecule is Cc1ccc(-n2nc(C)c(CC(=O)NC[C@H]3COCCO3)c2C)cc1Cl. The van der Waals surface area contributed by atoms with Crippen molar-refractivity contribution in [2.45, 2.75) is 33.3 Å². The molecule has 3 rings (SSSR count). The van der Waals surface area contributed by atoms with Crippen molar-refractivity contribution in [2.24, 2.45) is 0 Å². The Kier molecular flexibility index (Phi) is 5.96. The first-order valence-electron chi connectivity index (χ1n) is 8.73. The van der Waals surface area contributed by atoms with Gasteiger partial charge in [0.05, 0.1) is 43.7 Å². The van der Waals surface area contributed by atoms with E-state index in [9.17, 15) is 4.79 Å². The fraction of sp³-hybridized carbons (Fsp3) is 0.474. The second kappa shape index (κ2) is 8.20. The number of hydrogen-bond donors (Lipinski definition) is 1. The average Bonchev–Trinajstić information content (AvgIpc) is 2.91. The molecule has 0 unspecified atom stereocenters. The van der Waals surface area contributed by atoms with Crippen molar-refractivity contribution < 1.29 is 14.3 Å². The fourth-order valence-corrected chi connectivity index (χ4v) is 3.18. The van der Waals surface area contributed by atoms with Crippen molar-refractivity contribution in [3.63, 3.8) is 0 Å². The van der Waals surface area contributed by atoms with Crippen molar-refractivity contribution in [1.29, 1.82) is 0 Å². The number of carbonyl (C=O) groups is 1. The zero-order valence-electron chi connectivity index (χ0n) is 15.3. The molecule has 1 aliphatic rings. The molecule has 1 aliphatic heterocycles. The smallest absolute Gasteiger partial charge is 0.224 e. The Bertz CT molecular complexity index is 798. The summed E-state index contributed by atoms with van der Waals surface area (Å²) in [5, 5.41) is 8.20. The van der Waals surface area contributed by atoms with Crippen LogP contribution in [0.25, 0.3) is 5.69 Å². The second-order valence-corrected chi connectivity index (χ2v) is 6.95. The summed E-state index contributed by atoms with van der Waals surface area (Å²) in [6, 6.07) is 5.83. The maximum Gasteiger partial charge on any atom is 0.224 e. The average molecular weight is 378 g/mol. The number of nitrogens with zero attached hydrogens (tertiary/aromatic N) is 2. The number of nitrogens with one attached hydrogen (secondary N) is 1. The molecule has 0 saturated carbocycles. The highest BCUT2D eigenvalue weighted by Crippen LogP contribution is 2.23. The van der Waals surface area contributed by atoms with E-state index in [0.717, 1.165) is 28.2 Å². The number of aromatic nitrogens is 2. The third-order valence-corrected chi connectivity index (χ3v) is 5.00. The van der Waals surface area contributed by atoms with E-state index < -0.39 is 0 Å². The van der Waals surface area contributed by atoms with Gasteiger partial charge in [-0.25, -0.2) is 4.68 Å². The molecule has 1 saturated heterocycles. The van der Waals surface area contributed by atoms with Crippen molar-refractivity contribution in [1.82, 2.24) is 15.1 Å². The molecule has 2 heterocycles. The van der Waals surface area contributed by atoms with Crippen molar-refractivity contribution in [3.8, 4) is 5.69 Å². The van der Waals surface area contributed by atoms with Gasteiger partial charge < -0.3 is 14.8 Å². The summed E-state index contributed by atoms with van der Waals surface area (Å²) in [6.45, 7) is 8.01. The highest BCUT2D eigenvalue weighted by molar-refractivity contribution is 6.31. The first-order chi connectivity index (χ1) is 12.5. The Morgan fingerprint density at radius 3 is 2.85 bits per heavy atom. The van der Waals surface area contributed by atoms with E-state index in [4.69, 9.17) is 21.1 Å². The molecule has 2 aromatic rings. The van der Waals surface area contributed by atoms with Crippen LogP contribution < -0.4 is 5.32 Å². The van der Waals surface area contributed by atoms with Crippen LogP contribution in [0, 0.1) is 20.8 Å². The van der Waals surface area contributed by atoms with E-state index in [1.165, 1.54) is 0 Å². The Hall–Kier alpha value is -1.89. The molecule has 0 aliphatic carbocycles. The molecule has 1 aromatic heterocycles. The number of benzene rings is 1. The van der Waals surface area contributed by atoms with E-state index >= 15 is 0 Å². The Labute approximate surface area is 158 Å². The Morgan fingerprint density at radius 2 is 2.15 bits per heavy atom. The molecule has 0 radical (unpaired) electrons. The number of carbonyl (C=O) groups excluding carboxylic acids is 1. The normalized spacial score (nSPS) is 17.3. The predicted molar refractivity (Wildman–Crippen MR) is 100 cm³/mol. The summed E-state index contributed by atoms with van der Waals surface area (Å²) in [7, 11) is 0. The van der Waals surface area contributed by atoms with Gasteiger partial charge in [-0.2, -0.15) is 5.10 Å². The van der Waals surface area contributed by atoms with Crippen LogP contribution in [0.5, 0.6) is 0 Å². The minimum atomic E-state index is -0.0766. The molecule has 1 N–H and O–H groups in total. The monoisotopic (exact) mass is 377 g/mol. The first kappa shape index (κ1) is 18.9. The largest absolute Gasteiger partial charge is 0.376 e. The van der Waals surface area contributed by atoms with Gasteiger partial charge in [-0.3, -0.25) is 4.79 Å². The summed E-state index contributed by atoms with van der Waals surface area (Å²) < 4.78 is 12.7. The van der Waals surface area contributed by atoms with Gasteiger partial charge in [-0.05, 0) is 38.5 Å². The summed E-state index contributed by atoms with van der Waals surface area (Å²) in [4.78, 5) is 12.3. The number of amides is 1. The van der Waals surface area contributed by atoms with Gasteiger partial charge in [-0.1, -0.05) is 17.7 Å². The zero-order chi connectivity index (χ0) is 18.7. The van der Waals surface area contributed by atoms with Crippen LogP contribution in [-0.2, 0) is 20.7 Å². The van der Waals surface area contributed by atoms with Crippen LogP contribution in [0.1, 0.15) is 22.5 Å². The standard InChI is InChI=1S/C19H24ClN3O3/c1-12-4-5-15(8-18(12)20)23-14(3)17(13(2)22-23)9-19(24)21-10-16-11-25-6-7-26-16/h4-5,8,16H,6-7,9-11H2,1-3H3,(H,21,24)/t16-/m0/s1. The minimum absolute atomic E-state index is 0.0492. The van der Waals surface area contributed by atoms with Gasteiger partial charge in [0.15, 0.2) is 0 Å². The van der Waals surface area contributed by atoms with Gasteiger partial charge in [0, 0.05) is 22.8 Å². The van der Waals surface area contributed by atoms with Gasteiger partial charge in [0.1, 0.15) is 0 Å². The van der Waals surface area contributed by atoms with E-state index in [0.29, 0.717) is 31.4 Å². The van der Waals surface area contributed by atoms with Crippen LogP contribution in [-0.4, -0.2) is 48.2 Å². The third-order valence-electron chi connectivity index (χ3n) is 4.59. The van der Waals surface area contributed by atoms with Crippen LogP contribution in [0.15, 0.2) is 18.2 Å². The van der Waals surface area contributed by atoms with Crippen LogP contribution in [0.3, 0.4) is 0 Å². The topological polar surface area (TPSA) is 65.4 Å². The van der Waals surface area contributed by atoms with Gasteiger partial charge >= 0.3 is 0 Å². The highest BCUT2D eigenvalue weighted by atomic mass is 35.5. The number of aryl methyl sites for hydroxylation is 2. The highest BCUT2D eigenvalue weighted by Gasteiger charge is 2.18. The van der Waals surface area contributed by atoms with Gasteiger partial charge in [0.2, 0.25) is 5.91 Å². The molecule has 26 heavy (non-hydrogen) atoms. The zero-order valence-corrected chi connectivity index (χ0v) is 16.1. The lowest BCUT2D eigenvalue weighted by Crippen LogP contribution is -2.40. The second-order valence-electron chi connectivity index (χ2n) is 6.54. The lowest BCUT2D eigenvalue weighted by molar-refractivity contribution is -0.123. The van der Waals surface area contributed by atoms with Crippen LogP contribution in [0.2, 0.25) is 5.02 Å². The third kappa shape index (κ3) is 4.26. The van der Waals surface area contributed by atoms with E-state index in [-0.39, 0.29) is 18.4 Å². The maximum atomic E-state index is 12.3. The Morgan fingerprint density at radius 1 is 1.35 bits per heavy atom. The molecular formula is C19H24ClN3O3. The minimum Gasteiger partial charge on any atom is -0.376 e. The first-order valence-corrected chi connectivity index (χ1v) is 9.11. The van der Waals surface area contributed by atoms with Crippen molar-refractivity contribution in [3.05, 3.63) is 45.7 Å². The molecule has 1 atom stereocenters. The van der Waals surface area contributed by atoms with Crippen LogP contribution in [0.4, 0.5) is 0 Å². The summed E-state index contributed by atoms with van der Waals surface area (Å²) in [5.41, 5.74) is 4.62. The molecule has 1 aromatic carbocycles. The van der Waals surface area contributed by atoms with Crippen LogP contribution >= 0.6 is 11.6 Å². The molecule has 140 valence electrons. The number of ether oxygens (including phenoxy) is 2. The van der Waals surface area contributed by atoms with Crippen molar-refractivity contribution in [2.75, 3.05) is 26.4 Å². The quantitative estimate of drug-likeness (QED) is 0.869. The van der Waals surface area contributed by atoms with E-state index in [2.05, 4.69) is 10.4 Å². The molecular weight excluding hydrogens is 354 g/mol. The van der Waals surface area contributed by atoms with E-state index in [1.54, 1.807) is 0 Å². The summed E-state index contributed by atoms with van der Waals surface area (Å²) >= 11 is 6.23. The van der Waals surface area contributed by atoms with E-state index in [1.807, 2.05) is 43.7 Å². The summed E-state index contributed by atoms with van der Waals surface area (Å²) in [5.74, 6) is -0.0492. The number of hydrogen-bond acceptors (Lipinski definition) is 4. The predicted octanol–water partition coefficient (Wildman–Crippen LogP) is 2.53.